The van der Waals surface area contributed by atoms with E-state index in [1.165, 1.54) is 15.5 Å². The molecule has 1 heterocycles. The number of aryl methyl sites for hydroxylation is 2. The van der Waals surface area contributed by atoms with Gasteiger partial charge in [0.1, 0.15) is 12.4 Å². The van der Waals surface area contributed by atoms with Gasteiger partial charge in [0.25, 0.3) is 5.56 Å². The zero-order valence-corrected chi connectivity index (χ0v) is 12.2. The summed E-state index contributed by atoms with van der Waals surface area (Å²) in [4.78, 5) is 29.8. The molecule has 0 fully saturated rings. The van der Waals surface area contributed by atoms with Crippen molar-refractivity contribution < 1.29 is 4.79 Å². The van der Waals surface area contributed by atoms with Gasteiger partial charge in [-0.05, 0) is 13.8 Å². The largest absolute Gasteiger partial charge is 0.393 e. The van der Waals surface area contributed by atoms with Crippen molar-refractivity contribution in [2.75, 3.05) is 13.6 Å². The lowest BCUT2D eigenvalue weighted by atomic mass is 10.3. The summed E-state index contributed by atoms with van der Waals surface area (Å²) in [5.41, 5.74) is 5.81. The number of nitrogens with two attached hydrogens (primary N) is 1. The Bertz CT molecular complexity index is 553. The minimum atomic E-state index is -0.221. The molecular formula is C12H18N4O2S. The fourth-order valence-electron chi connectivity index (χ4n) is 1.61. The maximum atomic E-state index is 12.0. The molecule has 0 aliphatic heterocycles. The fraction of sp³-hybridized carbons (Fsp3) is 0.500. The third kappa shape index (κ3) is 4.44. The second-order valence-electron chi connectivity index (χ2n) is 4.40. The van der Waals surface area contributed by atoms with Crippen LogP contribution >= 0.6 is 12.2 Å². The van der Waals surface area contributed by atoms with Crippen LogP contribution in [0.1, 0.15) is 17.9 Å². The lowest BCUT2D eigenvalue weighted by Crippen LogP contribution is -2.36. The van der Waals surface area contributed by atoms with Crippen LogP contribution in [0.2, 0.25) is 0 Å². The highest BCUT2D eigenvalue weighted by molar-refractivity contribution is 7.80. The van der Waals surface area contributed by atoms with Gasteiger partial charge in [0.15, 0.2) is 0 Å². The summed E-state index contributed by atoms with van der Waals surface area (Å²) in [5, 5.41) is 0. The molecule has 1 amide bonds. The predicted octanol–water partition coefficient (Wildman–Crippen LogP) is -0.00526. The van der Waals surface area contributed by atoms with Crippen LogP contribution < -0.4 is 11.3 Å². The van der Waals surface area contributed by atoms with Crippen molar-refractivity contribution in [2.24, 2.45) is 5.73 Å². The minimum Gasteiger partial charge on any atom is -0.393 e. The zero-order valence-electron chi connectivity index (χ0n) is 11.3. The number of thiocarbonyl (C=S) groups is 1. The van der Waals surface area contributed by atoms with Crippen LogP contribution in [0.3, 0.4) is 0 Å². The van der Waals surface area contributed by atoms with Crippen LogP contribution in [0.15, 0.2) is 10.9 Å². The number of nitrogens with zero attached hydrogens (tertiary/aromatic N) is 3. The highest BCUT2D eigenvalue weighted by Crippen LogP contribution is 1.97. The van der Waals surface area contributed by atoms with Crippen molar-refractivity contribution in [1.29, 1.82) is 0 Å². The summed E-state index contributed by atoms with van der Waals surface area (Å²) in [5.74, 6) is 0.355. The van der Waals surface area contributed by atoms with E-state index in [0.717, 1.165) is 0 Å². The molecule has 0 aromatic carbocycles. The second-order valence-corrected chi connectivity index (χ2v) is 4.93. The first-order valence-corrected chi connectivity index (χ1v) is 6.29. The topological polar surface area (TPSA) is 81.2 Å². The summed E-state index contributed by atoms with van der Waals surface area (Å²) in [6, 6.07) is 1.41. The summed E-state index contributed by atoms with van der Waals surface area (Å²) >= 11 is 4.76. The molecule has 2 N–H and O–H groups in total. The first-order chi connectivity index (χ1) is 8.81. The van der Waals surface area contributed by atoms with Gasteiger partial charge in [-0.15, -0.1) is 0 Å². The number of carbonyl (C=O) groups excluding carboxylic acids is 1. The number of aromatic nitrogens is 2. The van der Waals surface area contributed by atoms with Crippen LogP contribution in [0.5, 0.6) is 0 Å². The quantitative estimate of drug-likeness (QED) is 0.769. The third-order valence-electron chi connectivity index (χ3n) is 2.74. The Morgan fingerprint density at radius 1 is 1.53 bits per heavy atom. The van der Waals surface area contributed by atoms with E-state index in [1.807, 2.05) is 0 Å². The van der Waals surface area contributed by atoms with Crippen LogP contribution in [0.25, 0.3) is 0 Å². The minimum absolute atomic E-state index is 0.0220. The summed E-state index contributed by atoms with van der Waals surface area (Å²) in [6.45, 7) is 3.87. The molecule has 0 aliphatic carbocycles. The molecule has 1 aromatic heterocycles. The molecule has 19 heavy (non-hydrogen) atoms. The zero-order chi connectivity index (χ0) is 14.6. The Morgan fingerprint density at radius 2 is 2.16 bits per heavy atom. The summed E-state index contributed by atoms with van der Waals surface area (Å²) < 4.78 is 1.35. The number of hydrogen-bond donors (Lipinski definition) is 1. The lowest BCUT2D eigenvalue weighted by Gasteiger charge is -2.18. The predicted molar refractivity (Wildman–Crippen MR) is 77.0 cm³/mol. The van der Waals surface area contributed by atoms with E-state index < -0.39 is 0 Å². The molecule has 0 aliphatic rings. The number of hydrogen-bond acceptors (Lipinski definition) is 4. The van der Waals surface area contributed by atoms with E-state index in [-0.39, 0.29) is 18.0 Å². The Kier molecular flexibility index (Phi) is 5.17. The van der Waals surface area contributed by atoms with E-state index in [0.29, 0.717) is 29.5 Å². The maximum absolute atomic E-state index is 12.0. The molecular weight excluding hydrogens is 264 g/mol. The van der Waals surface area contributed by atoms with Gasteiger partial charge in [0.2, 0.25) is 5.91 Å². The number of amides is 1. The molecule has 104 valence electrons. The molecule has 0 spiro atoms. The van der Waals surface area contributed by atoms with E-state index in [1.54, 1.807) is 20.9 Å². The van der Waals surface area contributed by atoms with Gasteiger partial charge in [0, 0.05) is 31.8 Å². The first kappa shape index (κ1) is 15.3. The number of carbonyl (C=O) groups is 1. The van der Waals surface area contributed by atoms with Crippen molar-refractivity contribution in [3.63, 3.8) is 0 Å². The van der Waals surface area contributed by atoms with Crippen molar-refractivity contribution >= 4 is 23.1 Å². The molecule has 1 rings (SSSR count). The molecule has 0 radical (unpaired) electrons. The second kappa shape index (κ2) is 6.42. The summed E-state index contributed by atoms with van der Waals surface area (Å²) in [6.07, 6.45) is 0.470. The van der Waals surface area contributed by atoms with Crippen LogP contribution in [-0.4, -0.2) is 38.9 Å². The van der Waals surface area contributed by atoms with Gasteiger partial charge >= 0.3 is 0 Å². The van der Waals surface area contributed by atoms with E-state index in [4.69, 9.17) is 18.0 Å². The average molecular weight is 282 g/mol. The maximum Gasteiger partial charge on any atom is 0.254 e. The van der Waals surface area contributed by atoms with Gasteiger partial charge in [0.05, 0.1) is 4.99 Å². The molecule has 6 nitrogen and oxygen atoms in total. The van der Waals surface area contributed by atoms with Crippen molar-refractivity contribution in [1.82, 2.24) is 14.5 Å². The summed E-state index contributed by atoms with van der Waals surface area (Å²) in [7, 11) is 1.66. The van der Waals surface area contributed by atoms with E-state index in [9.17, 15) is 9.59 Å². The number of rotatable bonds is 5. The third-order valence-corrected chi connectivity index (χ3v) is 2.94. The Labute approximate surface area is 117 Å². The van der Waals surface area contributed by atoms with Crippen LogP contribution in [0.4, 0.5) is 0 Å². The van der Waals surface area contributed by atoms with Crippen molar-refractivity contribution in [2.45, 2.75) is 26.8 Å². The smallest absolute Gasteiger partial charge is 0.254 e. The normalized spacial score (nSPS) is 10.3. The molecule has 0 unspecified atom stereocenters. The Morgan fingerprint density at radius 3 is 2.68 bits per heavy atom. The average Bonchev–Trinajstić information content (AvgIpc) is 2.30. The SMILES string of the molecule is Cc1cc(=O)n(CC(=O)N(C)CCC(N)=S)c(C)n1. The monoisotopic (exact) mass is 282 g/mol. The molecule has 0 atom stereocenters. The molecule has 0 saturated heterocycles. The van der Waals surface area contributed by atoms with Crippen LogP contribution in [-0.2, 0) is 11.3 Å². The van der Waals surface area contributed by atoms with E-state index >= 15 is 0 Å². The van der Waals surface area contributed by atoms with Gasteiger partial charge in [-0.3, -0.25) is 14.2 Å². The molecule has 1 aromatic rings. The van der Waals surface area contributed by atoms with Crippen molar-refractivity contribution in [3.05, 3.63) is 27.9 Å². The van der Waals surface area contributed by atoms with Crippen LogP contribution in [0, 0.1) is 13.8 Å². The Balaban J connectivity index is 2.77. The Hall–Kier alpha value is -1.76. The number of likely N-dealkylation sites (N-methyl/N-ethyl adjacent to an activating group) is 1. The van der Waals surface area contributed by atoms with Gasteiger partial charge in [-0.2, -0.15) is 0 Å². The fourth-order valence-corrected chi connectivity index (χ4v) is 1.71. The highest BCUT2D eigenvalue weighted by Gasteiger charge is 2.12. The van der Waals surface area contributed by atoms with E-state index in [2.05, 4.69) is 4.98 Å². The lowest BCUT2D eigenvalue weighted by molar-refractivity contribution is -0.130. The van der Waals surface area contributed by atoms with Gasteiger partial charge < -0.3 is 10.6 Å². The first-order valence-electron chi connectivity index (χ1n) is 5.88. The molecule has 7 heteroatoms. The standard InChI is InChI=1S/C12H18N4O2S/c1-8-6-11(17)16(9(2)14-8)7-12(18)15(3)5-4-10(13)19/h6H,4-5,7H2,1-3H3,(H2,13,19). The van der Waals surface area contributed by atoms with Gasteiger partial charge in [-0.25, -0.2) is 4.98 Å². The highest BCUT2D eigenvalue weighted by atomic mass is 32.1. The molecule has 0 bridgehead atoms. The molecule has 0 saturated carbocycles. The van der Waals surface area contributed by atoms with Crippen molar-refractivity contribution in [3.8, 4) is 0 Å². The van der Waals surface area contributed by atoms with Gasteiger partial charge in [-0.1, -0.05) is 12.2 Å².